The van der Waals surface area contributed by atoms with Gasteiger partial charge in [0.25, 0.3) is 0 Å². The van der Waals surface area contributed by atoms with Gasteiger partial charge < -0.3 is 20.1 Å². The summed E-state index contributed by atoms with van der Waals surface area (Å²) in [5.41, 5.74) is 1.81. The predicted molar refractivity (Wildman–Crippen MR) is 139 cm³/mol. The minimum absolute atomic E-state index is 0.0332. The number of carbonyl (C=O) groups excluding carboxylic acids is 3. The Bertz CT molecular complexity index is 1440. The number of anilines is 1. The molecule has 1 heterocycles. The highest BCUT2D eigenvalue weighted by Gasteiger charge is 2.34. The number of Topliss-reactive ketones (excluding diaryl/α,β-unsaturated/α-hetero) is 1. The first-order chi connectivity index (χ1) is 17.6. The van der Waals surface area contributed by atoms with E-state index in [-0.39, 0.29) is 53.8 Å². The highest BCUT2D eigenvalue weighted by molar-refractivity contribution is 7.72. The standard InChI is InChI=1S/C25H26ClFN4O5S/c1-15(32)20-11-30(22-8-5-17(9-19(20)22)29-14-37(35)36)13-24(34)31(18-6-7-18)12-23(33)28-10-16-3-2-4-21(26)25(16)27/h2-5,8-9,11,18,29,37H,6-7,10,12-14H2,1H3,(H,28,33). The van der Waals surface area contributed by atoms with Crippen LogP contribution in [0.3, 0.4) is 0 Å². The quantitative estimate of drug-likeness (QED) is 0.250. The van der Waals surface area contributed by atoms with E-state index in [0.717, 1.165) is 12.8 Å². The molecule has 2 aromatic carbocycles. The highest BCUT2D eigenvalue weighted by Crippen LogP contribution is 2.29. The lowest BCUT2D eigenvalue weighted by molar-refractivity contribution is -0.137. The molecule has 37 heavy (non-hydrogen) atoms. The van der Waals surface area contributed by atoms with Crippen molar-refractivity contribution >= 4 is 56.5 Å². The van der Waals surface area contributed by atoms with Gasteiger partial charge >= 0.3 is 0 Å². The molecule has 12 heteroatoms. The van der Waals surface area contributed by atoms with Crippen molar-refractivity contribution in [1.82, 2.24) is 14.8 Å². The predicted octanol–water partition coefficient (Wildman–Crippen LogP) is 2.92. The zero-order valence-electron chi connectivity index (χ0n) is 20.0. The normalized spacial score (nSPS) is 13.1. The molecule has 4 rings (SSSR count). The number of amides is 2. The first kappa shape index (κ1) is 26.6. The number of benzene rings is 2. The van der Waals surface area contributed by atoms with Gasteiger partial charge in [0.2, 0.25) is 11.8 Å². The van der Waals surface area contributed by atoms with Crippen LogP contribution in [0.1, 0.15) is 35.7 Å². The van der Waals surface area contributed by atoms with Crippen LogP contribution < -0.4 is 10.6 Å². The molecule has 0 spiro atoms. The van der Waals surface area contributed by atoms with Crippen molar-refractivity contribution in [3.8, 4) is 0 Å². The molecule has 1 saturated carbocycles. The summed E-state index contributed by atoms with van der Waals surface area (Å²) in [6.07, 6.45) is 3.16. The molecule has 0 aliphatic heterocycles. The van der Waals surface area contributed by atoms with Gasteiger partial charge in [-0.15, -0.1) is 0 Å². The molecule has 1 aromatic heterocycles. The molecule has 1 aliphatic carbocycles. The highest BCUT2D eigenvalue weighted by atomic mass is 35.5. The van der Waals surface area contributed by atoms with Crippen LogP contribution in [-0.4, -0.2) is 53.9 Å². The van der Waals surface area contributed by atoms with Gasteiger partial charge in [-0.2, -0.15) is 0 Å². The van der Waals surface area contributed by atoms with Crippen LogP contribution in [-0.2, 0) is 33.4 Å². The maximum absolute atomic E-state index is 14.1. The zero-order chi connectivity index (χ0) is 26.7. The van der Waals surface area contributed by atoms with Crippen LogP contribution in [0.5, 0.6) is 0 Å². The van der Waals surface area contributed by atoms with Crippen molar-refractivity contribution in [2.45, 2.75) is 38.9 Å². The van der Waals surface area contributed by atoms with Crippen LogP contribution in [0.15, 0.2) is 42.6 Å². The third-order valence-corrected chi connectivity index (χ3v) is 6.82. The number of thiol groups is 1. The lowest BCUT2D eigenvalue weighted by Crippen LogP contribution is -2.43. The van der Waals surface area contributed by atoms with Gasteiger partial charge in [-0.05, 0) is 44.0 Å². The van der Waals surface area contributed by atoms with Crippen molar-refractivity contribution in [3.05, 3.63) is 64.6 Å². The van der Waals surface area contributed by atoms with E-state index < -0.39 is 22.4 Å². The number of hydrogen-bond donors (Lipinski definition) is 3. The van der Waals surface area contributed by atoms with Gasteiger partial charge in [0, 0.05) is 46.5 Å². The number of ketones is 1. The molecule has 2 amide bonds. The van der Waals surface area contributed by atoms with E-state index >= 15 is 0 Å². The summed E-state index contributed by atoms with van der Waals surface area (Å²) in [6.45, 7) is 1.10. The topological polar surface area (TPSA) is 118 Å². The van der Waals surface area contributed by atoms with Crippen molar-refractivity contribution < 1.29 is 27.2 Å². The van der Waals surface area contributed by atoms with E-state index in [0.29, 0.717) is 22.2 Å². The molecule has 0 saturated heterocycles. The lowest BCUT2D eigenvalue weighted by Gasteiger charge is -2.22. The van der Waals surface area contributed by atoms with Crippen LogP contribution in [0.4, 0.5) is 10.1 Å². The van der Waals surface area contributed by atoms with E-state index in [4.69, 9.17) is 11.6 Å². The maximum Gasteiger partial charge on any atom is 0.243 e. The lowest BCUT2D eigenvalue weighted by atomic mass is 10.1. The van der Waals surface area contributed by atoms with E-state index in [1.807, 2.05) is 0 Å². The van der Waals surface area contributed by atoms with Gasteiger partial charge in [0.15, 0.2) is 16.5 Å². The number of carbonyl (C=O) groups is 3. The SMILES string of the molecule is CC(=O)c1cn(CC(=O)N(CC(=O)NCc2cccc(Cl)c2F)C2CC2)c2ccc(NC[SH](=O)=O)cc12. The Kier molecular flexibility index (Phi) is 8.13. The number of rotatable bonds is 11. The van der Waals surface area contributed by atoms with Crippen molar-refractivity contribution in [3.63, 3.8) is 0 Å². The molecule has 0 unspecified atom stereocenters. The fraction of sp³-hybridized carbons (Fsp3) is 0.320. The number of nitrogens with zero attached hydrogens (tertiary/aromatic N) is 2. The molecule has 196 valence electrons. The number of aromatic nitrogens is 1. The van der Waals surface area contributed by atoms with Gasteiger partial charge in [-0.1, -0.05) is 23.7 Å². The third kappa shape index (κ3) is 6.47. The fourth-order valence-corrected chi connectivity index (χ4v) is 4.61. The van der Waals surface area contributed by atoms with Crippen molar-refractivity contribution in [1.29, 1.82) is 0 Å². The summed E-state index contributed by atoms with van der Waals surface area (Å²) >= 11 is 5.79. The van der Waals surface area contributed by atoms with Gasteiger partial charge in [-0.25, -0.2) is 12.8 Å². The number of hydrogen-bond acceptors (Lipinski definition) is 6. The van der Waals surface area contributed by atoms with Crippen molar-refractivity contribution in [2.75, 3.05) is 17.7 Å². The summed E-state index contributed by atoms with van der Waals surface area (Å²) in [5, 5.41) is 5.97. The Hall–Kier alpha value is -3.44. The van der Waals surface area contributed by atoms with E-state index in [1.54, 1.807) is 35.0 Å². The number of nitrogens with one attached hydrogen (secondary N) is 2. The molecule has 0 radical (unpaired) electrons. The number of halogens is 2. The molecule has 9 nitrogen and oxygen atoms in total. The molecule has 0 atom stereocenters. The Labute approximate surface area is 219 Å². The van der Waals surface area contributed by atoms with Crippen LogP contribution >= 0.6 is 11.6 Å². The second-order valence-corrected chi connectivity index (χ2v) is 10.3. The van der Waals surface area contributed by atoms with Gasteiger partial charge in [0.05, 0.1) is 11.6 Å². The Morgan fingerprint density at radius 2 is 1.95 bits per heavy atom. The molecule has 3 aromatic rings. The second kappa shape index (κ2) is 11.3. The number of fused-ring (bicyclic) bond motifs is 1. The minimum atomic E-state index is -2.62. The smallest absolute Gasteiger partial charge is 0.243 e. The average molecular weight is 549 g/mol. The van der Waals surface area contributed by atoms with Crippen molar-refractivity contribution in [2.24, 2.45) is 0 Å². The van der Waals surface area contributed by atoms with Crippen LogP contribution in [0, 0.1) is 5.82 Å². The maximum atomic E-state index is 14.1. The molecule has 1 aliphatic rings. The molecule has 2 N–H and O–H groups in total. The van der Waals surface area contributed by atoms with E-state index in [2.05, 4.69) is 10.6 Å². The van der Waals surface area contributed by atoms with Gasteiger partial charge in [0.1, 0.15) is 18.2 Å². The summed E-state index contributed by atoms with van der Waals surface area (Å²) in [7, 11) is -2.62. The molecular formula is C25H26ClFN4O5S. The van der Waals surface area contributed by atoms with Crippen LogP contribution in [0.2, 0.25) is 5.02 Å². The Morgan fingerprint density at radius 1 is 1.19 bits per heavy atom. The zero-order valence-corrected chi connectivity index (χ0v) is 21.7. The van der Waals surface area contributed by atoms with E-state index in [1.165, 1.54) is 24.0 Å². The molecular weight excluding hydrogens is 523 g/mol. The Morgan fingerprint density at radius 3 is 2.62 bits per heavy atom. The third-order valence-electron chi connectivity index (χ3n) is 6.11. The summed E-state index contributed by atoms with van der Waals surface area (Å²) < 4.78 is 37.6. The Balaban J connectivity index is 1.48. The van der Waals surface area contributed by atoms with E-state index in [9.17, 15) is 27.2 Å². The largest absolute Gasteiger partial charge is 0.372 e. The van der Waals surface area contributed by atoms with Crippen LogP contribution in [0.25, 0.3) is 10.9 Å². The fourth-order valence-electron chi connectivity index (χ4n) is 4.11. The monoisotopic (exact) mass is 548 g/mol. The summed E-state index contributed by atoms with van der Waals surface area (Å²) in [5.74, 6) is -1.74. The first-order valence-electron chi connectivity index (χ1n) is 11.6. The first-order valence-corrected chi connectivity index (χ1v) is 13.4. The average Bonchev–Trinajstić information content (AvgIpc) is 3.63. The van der Waals surface area contributed by atoms with Gasteiger partial charge in [-0.3, -0.25) is 14.4 Å². The minimum Gasteiger partial charge on any atom is -0.372 e. The summed E-state index contributed by atoms with van der Waals surface area (Å²) in [6, 6.07) is 9.54. The summed E-state index contributed by atoms with van der Waals surface area (Å²) in [4.78, 5) is 39.6. The second-order valence-electron chi connectivity index (χ2n) is 8.87. The molecule has 1 fully saturated rings. The molecule has 0 bridgehead atoms.